The SMILES string of the molecule is O=C(NCCN1CCOCC1)C1CC(=O)N(CC2CCCO2)C1. The van der Waals surface area contributed by atoms with Gasteiger partial charge in [0.05, 0.1) is 25.2 Å². The Kier molecular flexibility index (Phi) is 5.85. The van der Waals surface area contributed by atoms with Crippen molar-refractivity contribution in [2.24, 2.45) is 5.92 Å². The van der Waals surface area contributed by atoms with E-state index in [1.54, 1.807) is 4.90 Å². The van der Waals surface area contributed by atoms with E-state index in [-0.39, 0.29) is 23.8 Å². The van der Waals surface area contributed by atoms with Gasteiger partial charge in [-0.1, -0.05) is 0 Å². The number of carbonyl (C=O) groups is 2. The van der Waals surface area contributed by atoms with Gasteiger partial charge in [-0.2, -0.15) is 0 Å². The van der Waals surface area contributed by atoms with Crippen molar-refractivity contribution >= 4 is 11.8 Å². The molecular weight excluding hydrogens is 298 g/mol. The number of carbonyl (C=O) groups excluding carboxylic acids is 2. The van der Waals surface area contributed by atoms with E-state index in [1.807, 2.05) is 0 Å². The van der Waals surface area contributed by atoms with E-state index in [0.717, 1.165) is 52.3 Å². The first-order chi connectivity index (χ1) is 11.2. The number of morpholine rings is 1. The van der Waals surface area contributed by atoms with Crippen molar-refractivity contribution in [1.82, 2.24) is 15.1 Å². The topological polar surface area (TPSA) is 71.1 Å². The molecule has 3 fully saturated rings. The fraction of sp³-hybridized carbons (Fsp3) is 0.875. The maximum atomic E-state index is 12.3. The van der Waals surface area contributed by atoms with Crippen LogP contribution in [0.25, 0.3) is 0 Å². The number of nitrogens with one attached hydrogen (secondary N) is 1. The predicted molar refractivity (Wildman–Crippen MR) is 83.9 cm³/mol. The Hall–Kier alpha value is -1.18. The van der Waals surface area contributed by atoms with Crippen LogP contribution in [-0.2, 0) is 19.1 Å². The van der Waals surface area contributed by atoms with Crippen molar-refractivity contribution in [2.45, 2.75) is 25.4 Å². The summed E-state index contributed by atoms with van der Waals surface area (Å²) in [6, 6.07) is 0. The molecular formula is C16H27N3O4. The van der Waals surface area contributed by atoms with Crippen LogP contribution < -0.4 is 5.32 Å². The first kappa shape index (κ1) is 16.7. The molecule has 0 aromatic heterocycles. The quantitative estimate of drug-likeness (QED) is 0.710. The third-order valence-electron chi connectivity index (χ3n) is 4.86. The summed E-state index contributed by atoms with van der Waals surface area (Å²) in [4.78, 5) is 28.4. The Morgan fingerprint density at radius 2 is 2.09 bits per heavy atom. The number of rotatable bonds is 6. The summed E-state index contributed by atoms with van der Waals surface area (Å²) in [5, 5.41) is 2.98. The van der Waals surface area contributed by atoms with Crippen LogP contribution in [0.1, 0.15) is 19.3 Å². The summed E-state index contributed by atoms with van der Waals surface area (Å²) in [6.45, 7) is 6.81. The summed E-state index contributed by atoms with van der Waals surface area (Å²) in [6.07, 6.45) is 2.57. The Bertz CT molecular complexity index is 420. The average molecular weight is 325 g/mol. The second kappa shape index (κ2) is 8.08. The zero-order valence-corrected chi connectivity index (χ0v) is 13.7. The lowest BCUT2D eigenvalue weighted by atomic mass is 10.1. The smallest absolute Gasteiger partial charge is 0.225 e. The van der Waals surface area contributed by atoms with Gasteiger partial charge in [-0.3, -0.25) is 14.5 Å². The number of nitrogens with zero attached hydrogens (tertiary/aromatic N) is 2. The predicted octanol–water partition coefficient (Wildman–Crippen LogP) is -0.538. The van der Waals surface area contributed by atoms with Gasteiger partial charge in [0.15, 0.2) is 0 Å². The number of hydrogen-bond acceptors (Lipinski definition) is 5. The monoisotopic (exact) mass is 325 g/mol. The third kappa shape index (κ3) is 4.65. The Morgan fingerprint density at radius 3 is 2.83 bits per heavy atom. The minimum Gasteiger partial charge on any atom is -0.379 e. The molecule has 1 N–H and O–H groups in total. The zero-order chi connectivity index (χ0) is 16.1. The van der Waals surface area contributed by atoms with E-state index in [0.29, 0.717) is 26.1 Å². The highest BCUT2D eigenvalue weighted by Gasteiger charge is 2.35. The summed E-state index contributed by atoms with van der Waals surface area (Å²) >= 11 is 0. The highest BCUT2D eigenvalue weighted by molar-refractivity contribution is 5.89. The third-order valence-corrected chi connectivity index (χ3v) is 4.86. The lowest BCUT2D eigenvalue weighted by molar-refractivity contribution is -0.129. The van der Waals surface area contributed by atoms with E-state index in [1.165, 1.54) is 0 Å². The van der Waals surface area contributed by atoms with E-state index >= 15 is 0 Å². The number of ether oxygens (including phenoxy) is 2. The maximum Gasteiger partial charge on any atom is 0.225 e. The van der Waals surface area contributed by atoms with Gasteiger partial charge in [0.2, 0.25) is 11.8 Å². The minimum absolute atomic E-state index is 0.00134. The largest absolute Gasteiger partial charge is 0.379 e. The van der Waals surface area contributed by atoms with Gasteiger partial charge >= 0.3 is 0 Å². The van der Waals surface area contributed by atoms with Crippen LogP contribution in [-0.4, -0.2) is 86.8 Å². The minimum atomic E-state index is -0.214. The number of hydrogen-bond donors (Lipinski definition) is 1. The molecule has 130 valence electrons. The van der Waals surface area contributed by atoms with E-state index in [9.17, 15) is 9.59 Å². The molecule has 0 radical (unpaired) electrons. The Balaban J connectivity index is 1.36. The van der Waals surface area contributed by atoms with E-state index in [2.05, 4.69) is 10.2 Å². The summed E-state index contributed by atoms with van der Waals surface area (Å²) in [5.41, 5.74) is 0. The van der Waals surface area contributed by atoms with E-state index < -0.39 is 0 Å². The average Bonchev–Trinajstić information content (AvgIpc) is 3.19. The number of amides is 2. The molecule has 0 aromatic carbocycles. The van der Waals surface area contributed by atoms with Crippen molar-refractivity contribution in [2.75, 3.05) is 59.1 Å². The normalized spacial score (nSPS) is 29.2. The highest BCUT2D eigenvalue weighted by Crippen LogP contribution is 2.21. The fourth-order valence-electron chi connectivity index (χ4n) is 3.46. The van der Waals surface area contributed by atoms with Crippen LogP contribution in [0.15, 0.2) is 0 Å². The molecule has 2 amide bonds. The molecule has 3 aliphatic heterocycles. The molecule has 2 unspecified atom stereocenters. The van der Waals surface area contributed by atoms with Gasteiger partial charge in [0.25, 0.3) is 0 Å². The molecule has 0 aromatic rings. The van der Waals surface area contributed by atoms with Crippen molar-refractivity contribution in [3.63, 3.8) is 0 Å². The second-order valence-electron chi connectivity index (χ2n) is 6.58. The van der Waals surface area contributed by atoms with Gasteiger partial charge in [-0.15, -0.1) is 0 Å². The molecule has 0 spiro atoms. The lowest BCUT2D eigenvalue weighted by Crippen LogP contribution is -2.42. The molecule has 0 aliphatic carbocycles. The first-order valence-corrected chi connectivity index (χ1v) is 8.69. The molecule has 7 heteroatoms. The molecule has 7 nitrogen and oxygen atoms in total. The Morgan fingerprint density at radius 1 is 1.26 bits per heavy atom. The first-order valence-electron chi connectivity index (χ1n) is 8.69. The van der Waals surface area contributed by atoms with Crippen LogP contribution in [0.3, 0.4) is 0 Å². The van der Waals surface area contributed by atoms with E-state index in [4.69, 9.17) is 9.47 Å². The molecule has 3 rings (SSSR count). The highest BCUT2D eigenvalue weighted by atomic mass is 16.5. The standard InChI is InChI=1S/C16H27N3O4/c20-15-10-13(11-19(15)12-14-2-1-7-23-14)16(21)17-3-4-18-5-8-22-9-6-18/h13-14H,1-12H2,(H,17,21). The molecule has 0 saturated carbocycles. The maximum absolute atomic E-state index is 12.3. The second-order valence-corrected chi connectivity index (χ2v) is 6.58. The molecule has 3 saturated heterocycles. The van der Waals surface area contributed by atoms with Crippen molar-refractivity contribution in [3.8, 4) is 0 Å². The summed E-state index contributed by atoms with van der Waals surface area (Å²) < 4.78 is 10.9. The summed E-state index contributed by atoms with van der Waals surface area (Å²) in [5.74, 6) is -0.135. The van der Waals surface area contributed by atoms with Gasteiger partial charge in [0, 0.05) is 52.3 Å². The Labute approximate surface area is 137 Å². The van der Waals surface area contributed by atoms with Gasteiger partial charge in [-0.25, -0.2) is 0 Å². The summed E-state index contributed by atoms with van der Waals surface area (Å²) in [7, 11) is 0. The van der Waals surface area contributed by atoms with Crippen molar-refractivity contribution in [3.05, 3.63) is 0 Å². The molecule has 23 heavy (non-hydrogen) atoms. The molecule has 3 aliphatic rings. The van der Waals surface area contributed by atoms with Gasteiger partial charge in [0.1, 0.15) is 0 Å². The molecule has 2 atom stereocenters. The fourth-order valence-corrected chi connectivity index (χ4v) is 3.46. The van der Waals surface area contributed by atoms with Gasteiger partial charge in [-0.05, 0) is 12.8 Å². The van der Waals surface area contributed by atoms with Gasteiger partial charge < -0.3 is 19.7 Å². The molecule has 0 bridgehead atoms. The van der Waals surface area contributed by atoms with Crippen LogP contribution in [0.5, 0.6) is 0 Å². The van der Waals surface area contributed by atoms with Crippen LogP contribution in [0, 0.1) is 5.92 Å². The van der Waals surface area contributed by atoms with Crippen LogP contribution >= 0.6 is 0 Å². The molecule has 3 heterocycles. The van der Waals surface area contributed by atoms with Crippen molar-refractivity contribution in [1.29, 1.82) is 0 Å². The number of likely N-dealkylation sites (tertiary alicyclic amines) is 1. The van der Waals surface area contributed by atoms with Crippen LogP contribution in [0.4, 0.5) is 0 Å². The zero-order valence-electron chi connectivity index (χ0n) is 13.7. The van der Waals surface area contributed by atoms with Crippen LogP contribution in [0.2, 0.25) is 0 Å². The van der Waals surface area contributed by atoms with Crippen molar-refractivity contribution < 1.29 is 19.1 Å². The lowest BCUT2D eigenvalue weighted by Gasteiger charge is -2.26.